The topological polar surface area (TPSA) is 46.3 Å². The van der Waals surface area contributed by atoms with Gasteiger partial charge in [-0.05, 0) is 24.6 Å². The highest BCUT2D eigenvalue weighted by Gasteiger charge is 2.34. The van der Waals surface area contributed by atoms with E-state index < -0.39 is 5.82 Å². The number of nitrogens with zero attached hydrogens (tertiary/aromatic N) is 1. The average Bonchev–Trinajstić information content (AvgIpc) is 2.92. The van der Waals surface area contributed by atoms with E-state index in [-0.39, 0.29) is 35.8 Å². The second-order valence-corrected chi connectivity index (χ2v) is 5.87. The second kappa shape index (κ2) is 7.11. The van der Waals surface area contributed by atoms with E-state index in [2.05, 4.69) is 0 Å². The molecular formula is C18H20ClFN2O. The lowest BCUT2D eigenvalue weighted by atomic mass is 9.95. The van der Waals surface area contributed by atoms with Crippen LogP contribution in [0.15, 0.2) is 48.5 Å². The van der Waals surface area contributed by atoms with Gasteiger partial charge in [-0.1, -0.05) is 42.0 Å². The first kappa shape index (κ1) is 17.4. The van der Waals surface area contributed by atoms with Crippen LogP contribution in [0.1, 0.15) is 27.4 Å². The second-order valence-electron chi connectivity index (χ2n) is 5.87. The van der Waals surface area contributed by atoms with Gasteiger partial charge >= 0.3 is 0 Å². The van der Waals surface area contributed by atoms with E-state index in [1.54, 1.807) is 17.0 Å². The Labute approximate surface area is 141 Å². The number of carbonyl (C=O) groups excluding carboxylic acids is 1. The zero-order valence-electron chi connectivity index (χ0n) is 12.9. The first-order valence-electron chi connectivity index (χ1n) is 7.42. The molecule has 2 atom stereocenters. The predicted molar refractivity (Wildman–Crippen MR) is 91.4 cm³/mol. The standard InChI is InChI=1S/C18H19FN2O.ClH/c1-12-7-8-16(19)14(9-12)18(22)21-10-15(17(20)11-21)13-5-3-2-4-6-13;/h2-9,15,17H,10-11,20H2,1H3;1H/t15-,17+;/m0./s1. The van der Waals surface area contributed by atoms with Crippen LogP contribution in [0.3, 0.4) is 0 Å². The highest BCUT2D eigenvalue weighted by atomic mass is 35.5. The molecule has 0 saturated carbocycles. The highest BCUT2D eigenvalue weighted by Crippen LogP contribution is 2.27. The Balaban J connectivity index is 0.00000192. The molecule has 122 valence electrons. The van der Waals surface area contributed by atoms with Crippen molar-refractivity contribution in [2.45, 2.75) is 18.9 Å². The molecule has 0 unspecified atom stereocenters. The zero-order valence-corrected chi connectivity index (χ0v) is 13.7. The summed E-state index contributed by atoms with van der Waals surface area (Å²) >= 11 is 0. The maximum absolute atomic E-state index is 13.9. The van der Waals surface area contributed by atoms with Crippen molar-refractivity contribution in [1.82, 2.24) is 4.90 Å². The summed E-state index contributed by atoms with van der Waals surface area (Å²) in [6.45, 7) is 2.82. The van der Waals surface area contributed by atoms with Crippen LogP contribution in [-0.4, -0.2) is 29.9 Å². The van der Waals surface area contributed by atoms with Crippen LogP contribution in [0.5, 0.6) is 0 Å². The Morgan fingerprint density at radius 3 is 2.57 bits per heavy atom. The molecule has 2 aromatic rings. The van der Waals surface area contributed by atoms with Crippen LogP contribution in [0.2, 0.25) is 0 Å². The number of likely N-dealkylation sites (tertiary alicyclic amines) is 1. The van der Waals surface area contributed by atoms with Crippen molar-refractivity contribution in [3.8, 4) is 0 Å². The third-order valence-electron chi connectivity index (χ3n) is 4.23. The van der Waals surface area contributed by atoms with Crippen LogP contribution < -0.4 is 5.73 Å². The molecule has 2 N–H and O–H groups in total. The molecule has 1 amide bonds. The summed E-state index contributed by atoms with van der Waals surface area (Å²) in [6.07, 6.45) is 0. The van der Waals surface area contributed by atoms with Crippen LogP contribution in [0.4, 0.5) is 4.39 Å². The van der Waals surface area contributed by atoms with Crippen molar-refractivity contribution in [1.29, 1.82) is 0 Å². The zero-order chi connectivity index (χ0) is 15.7. The Hall–Kier alpha value is -1.91. The number of hydrogen-bond acceptors (Lipinski definition) is 2. The minimum Gasteiger partial charge on any atom is -0.336 e. The minimum absolute atomic E-state index is 0. The molecule has 0 bridgehead atoms. The Morgan fingerprint density at radius 1 is 1.17 bits per heavy atom. The lowest BCUT2D eigenvalue weighted by Gasteiger charge is -2.17. The van der Waals surface area contributed by atoms with Gasteiger partial charge in [-0.25, -0.2) is 4.39 Å². The molecule has 1 heterocycles. The van der Waals surface area contributed by atoms with Gasteiger partial charge in [0.25, 0.3) is 5.91 Å². The van der Waals surface area contributed by atoms with Crippen molar-refractivity contribution in [2.24, 2.45) is 5.73 Å². The normalized spacial score (nSPS) is 20.2. The molecule has 23 heavy (non-hydrogen) atoms. The Morgan fingerprint density at radius 2 is 1.87 bits per heavy atom. The summed E-state index contributed by atoms with van der Waals surface area (Å²) in [5.41, 5.74) is 8.31. The van der Waals surface area contributed by atoms with Crippen molar-refractivity contribution in [2.75, 3.05) is 13.1 Å². The number of aryl methyl sites for hydroxylation is 1. The lowest BCUT2D eigenvalue weighted by Crippen LogP contribution is -2.32. The smallest absolute Gasteiger partial charge is 0.256 e. The summed E-state index contributed by atoms with van der Waals surface area (Å²) in [5.74, 6) is -0.666. The molecule has 3 nitrogen and oxygen atoms in total. The van der Waals surface area contributed by atoms with Gasteiger partial charge in [0, 0.05) is 25.0 Å². The molecule has 1 aliphatic rings. The SMILES string of the molecule is Cc1ccc(F)c(C(=O)N2C[C@@H](N)[C@H](c3ccccc3)C2)c1.Cl. The first-order chi connectivity index (χ1) is 10.6. The number of benzene rings is 2. The number of halogens is 2. The van der Waals surface area contributed by atoms with Gasteiger partial charge in [0.2, 0.25) is 0 Å². The van der Waals surface area contributed by atoms with Gasteiger partial charge in [0.05, 0.1) is 5.56 Å². The largest absolute Gasteiger partial charge is 0.336 e. The van der Waals surface area contributed by atoms with E-state index in [9.17, 15) is 9.18 Å². The monoisotopic (exact) mass is 334 g/mol. The Bertz CT molecular complexity index is 693. The van der Waals surface area contributed by atoms with Crippen LogP contribution in [0.25, 0.3) is 0 Å². The van der Waals surface area contributed by atoms with Crippen molar-refractivity contribution in [3.05, 3.63) is 71.0 Å². The van der Waals surface area contributed by atoms with E-state index in [1.807, 2.05) is 37.3 Å². The van der Waals surface area contributed by atoms with Crippen LogP contribution in [-0.2, 0) is 0 Å². The van der Waals surface area contributed by atoms with Gasteiger partial charge in [0.1, 0.15) is 5.82 Å². The molecule has 1 aliphatic heterocycles. The van der Waals surface area contributed by atoms with Crippen LogP contribution >= 0.6 is 12.4 Å². The van der Waals surface area contributed by atoms with E-state index in [4.69, 9.17) is 5.73 Å². The summed E-state index contributed by atoms with van der Waals surface area (Å²) < 4.78 is 13.9. The maximum atomic E-state index is 13.9. The fourth-order valence-electron chi connectivity index (χ4n) is 3.02. The van der Waals surface area contributed by atoms with Crippen molar-refractivity contribution >= 4 is 18.3 Å². The van der Waals surface area contributed by atoms with Gasteiger partial charge in [-0.3, -0.25) is 4.79 Å². The number of nitrogens with two attached hydrogens (primary N) is 1. The average molecular weight is 335 g/mol. The summed E-state index contributed by atoms with van der Waals surface area (Å²) in [5, 5.41) is 0. The van der Waals surface area contributed by atoms with Crippen molar-refractivity contribution in [3.63, 3.8) is 0 Å². The molecule has 0 aromatic heterocycles. The highest BCUT2D eigenvalue weighted by molar-refractivity contribution is 5.95. The van der Waals surface area contributed by atoms with E-state index in [1.165, 1.54) is 6.07 Å². The number of hydrogen-bond donors (Lipinski definition) is 1. The number of carbonyl (C=O) groups is 1. The van der Waals surface area contributed by atoms with E-state index in [0.29, 0.717) is 13.1 Å². The minimum atomic E-state index is -0.479. The molecule has 3 rings (SSSR count). The fraction of sp³-hybridized carbons (Fsp3) is 0.278. The van der Waals surface area contributed by atoms with E-state index in [0.717, 1.165) is 11.1 Å². The maximum Gasteiger partial charge on any atom is 0.256 e. The number of amides is 1. The third-order valence-corrected chi connectivity index (χ3v) is 4.23. The van der Waals surface area contributed by atoms with Gasteiger partial charge in [-0.2, -0.15) is 0 Å². The molecule has 1 saturated heterocycles. The third kappa shape index (κ3) is 3.54. The summed E-state index contributed by atoms with van der Waals surface area (Å²) in [7, 11) is 0. The molecular weight excluding hydrogens is 315 g/mol. The van der Waals surface area contributed by atoms with Crippen LogP contribution in [0, 0.1) is 12.7 Å². The van der Waals surface area contributed by atoms with Crippen molar-refractivity contribution < 1.29 is 9.18 Å². The first-order valence-corrected chi connectivity index (χ1v) is 7.42. The molecule has 1 fully saturated rings. The summed E-state index contributed by atoms with van der Waals surface area (Å²) in [4.78, 5) is 14.2. The quantitative estimate of drug-likeness (QED) is 0.917. The Kier molecular flexibility index (Phi) is 5.39. The number of rotatable bonds is 2. The fourth-order valence-corrected chi connectivity index (χ4v) is 3.02. The predicted octanol–water partition coefficient (Wildman–Crippen LogP) is 3.12. The van der Waals surface area contributed by atoms with Gasteiger partial charge in [0.15, 0.2) is 0 Å². The summed E-state index contributed by atoms with van der Waals surface area (Å²) in [6, 6.07) is 14.4. The molecule has 2 aromatic carbocycles. The molecule has 0 radical (unpaired) electrons. The van der Waals surface area contributed by atoms with Gasteiger partial charge < -0.3 is 10.6 Å². The molecule has 0 spiro atoms. The lowest BCUT2D eigenvalue weighted by molar-refractivity contribution is 0.0784. The molecule has 5 heteroatoms. The van der Waals surface area contributed by atoms with E-state index >= 15 is 0 Å². The van der Waals surface area contributed by atoms with Gasteiger partial charge in [-0.15, -0.1) is 12.4 Å². The molecule has 0 aliphatic carbocycles.